The van der Waals surface area contributed by atoms with E-state index in [0.29, 0.717) is 28.9 Å². The van der Waals surface area contributed by atoms with Gasteiger partial charge in [-0.25, -0.2) is 0 Å². The minimum absolute atomic E-state index is 0.112. The summed E-state index contributed by atoms with van der Waals surface area (Å²) in [6.07, 6.45) is -5.43. The molecule has 2 fully saturated rings. The highest BCUT2D eigenvalue weighted by atomic mass is 127. The summed E-state index contributed by atoms with van der Waals surface area (Å²) in [5.74, 6) is 0.0648. The molecule has 0 aromatic heterocycles. The van der Waals surface area contributed by atoms with E-state index in [1.807, 2.05) is 12.1 Å². The fourth-order valence-electron chi connectivity index (χ4n) is 5.72. The second kappa shape index (κ2) is 11.3. The Morgan fingerprint density at radius 2 is 1.76 bits per heavy atom. The topological polar surface area (TPSA) is 122 Å². The Hall–Kier alpha value is -1.55. The number of amides is 1. The van der Waals surface area contributed by atoms with Gasteiger partial charge in [0.05, 0.1) is 6.10 Å². The van der Waals surface area contributed by atoms with Gasteiger partial charge >= 0.3 is 0 Å². The first-order valence-electron chi connectivity index (χ1n) is 12.3. The predicted octanol–water partition coefficient (Wildman–Crippen LogP) is 1.16. The third-order valence-electron chi connectivity index (χ3n) is 7.64. The molecular weight excluding hydrogens is 601 g/mol. The molecule has 1 aromatic carbocycles. The number of aliphatic hydroxyl groups excluding tert-OH is 1. The number of alkyl halides is 1. The van der Waals surface area contributed by atoms with Crippen molar-refractivity contribution in [2.45, 2.75) is 68.2 Å². The van der Waals surface area contributed by atoms with E-state index in [1.165, 1.54) is 7.11 Å². The zero-order valence-electron chi connectivity index (χ0n) is 21.0. The summed E-state index contributed by atoms with van der Waals surface area (Å²) < 4.78 is 41.0. The molecule has 37 heavy (non-hydrogen) atoms. The Kier molecular flexibility index (Phi) is 8.24. The molecule has 1 N–H and O–H groups in total. The van der Waals surface area contributed by atoms with Gasteiger partial charge in [-0.05, 0) is 29.7 Å². The first-order valence-corrected chi connectivity index (χ1v) is 13.8. The van der Waals surface area contributed by atoms with Crippen molar-refractivity contribution < 1.29 is 47.9 Å². The number of benzene rings is 1. The summed E-state index contributed by atoms with van der Waals surface area (Å²) >= 11 is 2.19. The summed E-state index contributed by atoms with van der Waals surface area (Å²) in [4.78, 5) is 28.7. The molecule has 12 heteroatoms. The number of fused-ring (bicyclic) bond motifs is 6. The number of methoxy groups -OCH3 is 3. The van der Waals surface area contributed by atoms with E-state index in [2.05, 4.69) is 22.6 Å². The molecule has 0 aliphatic carbocycles. The third-order valence-corrected chi connectivity index (χ3v) is 8.50. The lowest BCUT2D eigenvalue weighted by molar-refractivity contribution is -0.317. The predicted molar refractivity (Wildman–Crippen MR) is 136 cm³/mol. The van der Waals surface area contributed by atoms with Crippen molar-refractivity contribution in [2.24, 2.45) is 0 Å². The van der Waals surface area contributed by atoms with Crippen molar-refractivity contribution in [1.82, 2.24) is 4.90 Å². The fraction of sp³-hybridized carbons (Fsp3) is 0.680. The number of rotatable bonds is 6. The minimum Gasteiger partial charge on any atom is -0.454 e. The molecule has 1 amide bonds. The standard InChI is InChI=1S/C25H32INO10/c1-31-21-19(9-26)37-25(23(33-3)22(21)32-2)36-18-8-15(28)13-4-5-27(24(30)20(18)29)10-12-6-16-17(7-14(12)13)35-11-34-16/h6-7,13,18-23,25,29H,4-5,8-11H2,1-3H3/t13-,18-,19-,20+,21-,22+,23-,25-/m1/s1. The Morgan fingerprint density at radius 3 is 2.43 bits per heavy atom. The van der Waals surface area contributed by atoms with Crippen LogP contribution in [-0.2, 0) is 39.8 Å². The van der Waals surface area contributed by atoms with E-state index >= 15 is 0 Å². The molecule has 0 radical (unpaired) electrons. The van der Waals surface area contributed by atoms with Crippen LogP contribution in [0.4, 0.5) is 0 Å². The molecule has 0 saturated carbocycles. The molecule has 4 aliphatic rings. The van der Waals surface area contributed by atoms with Gasteiger partial charge in [-0.3, -0.25) is 9.59 Å². The van der Waals surface area contributed by atoms with Gasteiger partial charge in [0.2, 0.25) is 6.79 Å². The van der Waals surface area contributed by atoms with E-state index in [9.17, 15) is 14.7 Å². The van der Waals surface area contributed by atoms with Crippen LogP contribution in [-0.4, -0.2) is 104 Å². The minimum atomic E-state index is -1.56. The second-order valence-electron chi connectivity index (χ2n) is 9.59. The van der Waals surface area contributed by atoms with E-state index in [-0.39, 0.29) is 31.6 Å². The zero-order valence-corrected chi connectivity index (χ0v) is 23.1. The number of aliphatic hydroxyl groups is 1. The third kappa shape index (κ3) is 4.97. The second-order valence-corrected chi connectivity index (χ2v) is 10.5. The lowest BCUT2D eigenvalue weighted by Crippen LogP contribution is -2.62. The number of Topliss-reactive ketones (excluding diaryl/α,β-unsaturated/α-hetero) is 1. The van der Waals surface area contributed by atoms with Gasteiger partial charge in [-0.15, -0.1) is 0 Å². The van der Waals surface area contributed by atoms with E-state index in [0.717, 1.165) is 11.1 Å². The molecule has 4 aliphatic heterocycles. The number of hydrogen-bond acceptors (Lipinski definition) is 10. The largest absolute Gasteiger partial charge is 0.454 e. The molecule has 1 aromatic rings. The molecule has 0 unspecified atom stereocenters. The van der Waals surface area contributed by atoms with E-state index in [4.69, 9.17) is 33.2 Å². The van der Waals surface area contributed by atoms with Gasteiger partial charge in [0.15, 0.2) is 23.9 Å². The molecule has 2 bridgehead atoms. The van der Waals surface area contributed by atoms with Crippen LogP contribution in [0.15, 0.2) is 12.1 Å². The summed E-state index contributed by atoms with van der Waals surface area (Å²) in [5.41, 5.74) is 1.63. The van der Waals surface area contributed by atoms with Crippen LogP contribution >= 0.6 is 22.6 Å². The molecule has 204 valence electrons. The van der Waals surface area contributed by atoms with Crippen LogP contribution in [0, 0.1) is 0 Å². The first kappa shape index (κ1) is 27.0. The Labute approximate surface area is 228 Å². The number of ether oxygens (including phenoxy) is 7. The van der Waals surface area contributed by atoms with Gasteiger partial charge in [0, 0.05) is 51.2 Å². The molecule has 4 heterocycles. The average Bonchev–Trinajstić information content (AvgIpc) is 3.29. The Balaban J connectivity index is 1.45. The van der Waals surface area contributed by atoms with Crippen molar-refractivity contribution in [1.29, 1.82) is 0 Å². The lowest BCUT2D eigenvalue weighted by Gasteiger charge is -2.45. The summed E-state index contributed by atoms with van der Waals surface area (Å²) in [6, 6.07) is 3.66. The van der Waals surface area contributed by atoms with Gasteiger partial charge in [0.25, 0.3) is 5.91 Å². The van der Waals surface area contributed by atoms with Crippen molar-refractivity contribution in [3.63, 3.8) is 0 Å². The Bertz CT molecular complexity index is 1020. The van der Waals surface area contributed by atoms with E-state index in [1.54, 1.807) is 19.1 Å². The smallest absolute Gasteiger partial charge is 0.254 e. The number of carbonyl (C=O) groups excluding carboxylic acids is 2. The quantitative estimate of drug-likeness (QED) is 0.361. The molecule has 11 nitrogen and oxygen atoms in total. The lowest BCUT2D eigenvalue weighted by atomic mass is 9.86. The van der Waals surface area contributed by atoms with Crippen LogP contribution in [0.25, 0.3) is 0 Å². The Morgan fingerprint density at radius 1 is 1.05 bits per heavy atom. The van der Waals surface area contributed by atoms with Gasteiger partial charge < -0.3 is 43.2 Å². The van der Waals surface area contributed by atoms with Crippen molar-refractivity contribution >= 4 is 34.3 Å². The summed E-state index contributed by atoms with van der Waals surface area (Å²) in [7, 11) is 4.62. The molecule has 5 rings (SSSR count). The van der Waals surface area contributed by atoms with Crippen LogP contribution in [0.5, 0.6) is 11.5 Å². The fourth-order valence-corrected chi connectivity index (χ4v) is 6.42. The number of hydrogen-bond donors (Lipinski definition) is 1. The van der Waals surface area contributed by atoms with Crippen LogP contribution in [0.1, 0.15) is 29.9 Å². The molecule has 0 spiro atoms. The highest BCUT2D eigenvalue weighted by Gasteiger charge is 2.49. The summed E-state index contributed by atoms with van der Waals surface area (Å²) in [5, 5.41) is 11.2. The number of carbonyl (C=O) groups is 2. The first-order chi connectivity index (χ1) is 17.9. The van der Waals surface area contributed by atoms with E-state index < -0.39 is 48.6 Å². The normalized spacial score (nSPS) is 35.5. The number of ketones is 1. The number of halogens is 1. The van der Waals surface area contributed by atoms with Crippen LogP contribution < -0.4 is 9.47 Å². The highest BCUT2D eigenvalue weighted by molar-refractivity contribution is 14.1. The zero-order chi connectivity index (χ0) is 26.3. The van der Waals surface area contributed by atoms with Crippen LogP contribution in [0.2, 0.25) is 0 Å². The average molecular weight is 633 g/mol. The van der Waals surface area contributed by atoms with Crippen LogP contribution in [0.3, 0.4) is 0 Å². The SMILES string of the molecule is CO[C@@H]1[C@@H](OC)[C@H](O[C@@H]2CC(=O)[C@@H]3CCN(Cc4cc5c(cc43)OCO5)C(=O)[C@H]2O)O[C@H](CI)[C@H]1OC. The monoisotopic (exact) mass is 633 g/mol. The van der Waals surface area contributed by atoms with Crippen molar-refractivity contribution in [3.8, 4) is 11.5 Å². The maximum atomic E-state index is 13.7. The van der Waals surface area contributed by atoms with Crippen molar-refractivity contribution in [3.05, 3.63) is 23.3 Å². The number of nitrogens with zero attached hydrogens (tertiary/aromatic N) is 1. The maximum Gasteiger partial charge on any atom is 0.254 e. The van der Waals surface area contributed by atoms with Crippen molar-refractivity contribution in [2.75, 3.05) is 39.1 Å². The highest BCUT2D eigenvalue weighted by Crippen LogP contribution is 2.42. The van der Waals surface area contributed by atoms with Gasteiger partial charge in [-0.1, -0.05) is 22.6 Å². The molecule has 8 atom stereocenters. The van der Waals surface area contributed by atoms with Gasteiger partial charge in [0.1, 0.15) is 30.2 Å². The van der Waals surface area contributed by atoms with Gasteiger partial charge in [-0.2, -0.15) is 0 Å². The maximum absolute atomic E-state index is 13.7. The molecular formula is C25H32INO10. The summed E-state index contributed by atoms with van der Waals surface area (Å²) in [6.45, 7) is 0.691. The molecule has 2 saturated heterocycles.